The third kappa shape index (κ3) is 2.71. The fourth-order valence-electron chi connectivity index (χ4n) is 4.95. The Hall–Kier alpha value is -2.15. The second-order valence-corrected chi connectivity index (χ2v) is 8.04. The van der Waals surface area contributed by atoms with Crippen LogP contribution in [0.5, 0.6) is 0 Å². The van der Waals surface area contributed by atoms with E-state index in [1.54, 1.807) is 18.1 Å². The van der Waals surface area contributed by atoms with E-state index in [4.69, 9.17) is 4.74 Å². The van der Waals surface area contributed by atoms with E-state index in [9.17, 15) is 9.59 Å². The second-order valence-electron chi connectivity index (χ2n) is 8.04. The van der Waals surface area contributed by atoms with Crippen LogP contribution in [0.25, 0.3) is 0 Å². The van der Waals surface area contributed by atoms with Crippen molar-refractivity contribution < 1.29 is 14.3 Å². The van der Waals surface area contributed by atoms with Crippen LogP contribution in [0.3, 0.4) is 0 Å². The number of imidazole rings is 1. The number of aromatic nitrogens is 2. The van der Waals surface area contributed by atoms with Gasteiger partial charge >= 0.3 is 0 Å². The number of ether oxygens (including phenoxy) is 1. The van der Waals surface area contributed by atoms with E-state index >= 15 is 0 Å². The lowest BCUT2D eigenvalue weighted by Crippen LogP contribution is -2.45. The molecular formula is C20H28N4O3. The molecule has 4 rings (SSSR count). The lowest BCUT2D eigenvalue weighted by atomic mass is 9.76. The Kier molecular flexibility index (Phi) is 4.37. The number of aryl methyl sites for hydroxylation is 1. The van der Waals surface area contributed by atoms with Gasteiger partial charge in [-0.05, 0) is 19.8 Å². The number of aromatic amines is 1. The van der Waals surface area contributed by atoms with Gasteiger partial charge in [-0.15, -0.1) is 0 Å². The van der Waals surface area contributed by atoms with Gasteiger partial charge in [-0.2, -0.15) is 0 Å². The van der Waals surface area contributed by atoms with E-state index in [0.717, 1.165) is 24.4 Å². The topological polar surface area (TPSA) is 78.5 Å². The molecule has 27 heavy (non-hydrogen) atoms. The molecule has 146 valence electrons. The highest BCUT2D eigenvalue weighted by molar-refractivity contribution is 5.93. The van der Waals surface area contributed by atoms with E-state index in [0.29, 0.717) is 13.1 Å². The van der Waals surface area contributed by atoms with Crippen LogP contribution in [0, 0.1) is 18.8 Å². The maximum Gasteiger partial charge on any atom is 0.230 e. The van der Waals surface area contributed by atoms with Crippen molar-refractivity contribution >= 4 is 11.8 Å². The van der Waals surface area contributed by atoms with Crippen LogP contribution in [-0.2, 0) is 20.9 Å². The molecule has 7 heteroatoms. The minimum absolute atomic E-state index is 0.0509. The van der Waals surface area contributed by atoms with E-state index in [1.165, 1.54) is 0 Å². The van der Waals surface area contributed by atoms with Crippen molar-refractivity contribution in [2.45, 2.75) is 57.9 Å². The lowest BCUT2D eigenvalue weighted by Gasteiger charge is -2.29. The summed E-state index contributed by atoms with van der Waals surface area (Å²) in [5.74, 6) is -0.112. The predicted molar refractivity (Wildman–Crippen MR) is 99.6 cm³/mol. The zero-order valence-electron chi connectivity index (χ0n) is 16.4. The van der Waals surface area contributed by atoms with Crippen molar-refractivity contribution in [3.8, 4) is 0 Å². The summed E-state index contributed by atoms with van der Waals surface area (Å²) in [4.78, 5) is 37.5. The summed E-state index contributed by atoms with van der Waals surface area (Å²) >= 11 is 0. The van der Waals surface area contributed by atoms with Crippen molar-refractivity contribution in [1.82, 2.24) is 19.8 Å². The van der Waals surface area contributed by atoms with E-state index in [2.05, 4.69) is 23.8 Å². The zero-order chi connectivity index (χ0) is 19.3. The first kappa shape index (κ1) is 18.2. The van der Waals surface area contributed by atoms with Gasteiger partial charge in [-0.3, -0.25) is 9.59 Å². The van der Waals surface area contributed by atoms with Gasteiger partial charge in [-0.25, -0.2) is 4.98 Å². The van der Waals surface area contributed by atoms with Crippen molar-refractivity contribution in [3.63, 3.8) is 0 Å². The van der Waals surface area contributed by atoms with Crippen LogP contribution >= 0.6 is 0 Å². The molecule has 2 fully saturated rings. The van der Waals surface area contributed by atoms with Crippen LogP contribution in [0.2, 0.25) is 0 Å². The van der Waals surface area contributed by atoms with Crippen LogP contribution in [0.1, 0.15) is 38.2 Å². The number of fused-ring (bicyclic) bond motifs is 1. The maximum atomic E-state index is 13.3. The third-order valence-corrected chi connectivity index (χ3v) is 6.32. The van der Waals surface area contributed by atoms with Crippen molar-refractivity contribution in [2.24, 2.45) is 11.8 Å². The summed E-state index contributed by atoms with van der Waals surface area (Å²) in [5, 5.41) is 0. The van der Waals surface area contributed by atoms with Crippen LogP contribution in [-0.4, -0.2) is 62.9 Å². The Balaban J connectivity index is 1.56. The molecule has 2 amide bonds. The molecule has 1 spiro atoms. The molecule has 1 N–H and O–H groups in total. The fraction of sp³-hybridized carbons (Fsp3) is 0.650. The second kappa shape index (κ2) is 6.48. The average molecular weight is 372 g/mol. The van der Waals surface area contributed by atoms with Gasteiger partial charge in [0, 0.05) is 25.0 Å². The number of nitrogens with one attached hydrogen (secondary N) is 1. The monoisotopic (exact) mass is 372 g/mol. The first-order valence-corrected chi connectivity index (χ1v) is 9.83. The van der Waals surface area contributed by atoms with Gasteiger partial charge in [0.1, 0.15) is 11.4 Å². The molecule has 2 saturated heterocycles. The summed E-state index contributed by atoms with van der Waals surface area (Å²) in [6.45, 7) is 7.08. The Bertz CT molecular complexity index is 784. The number of amides is 2. The van der Waals surface area contributed by atoms with Crippen LogP contribution in [0.4, 0.5) is 0 Å². The predicted octanol–water partition coefficient (Wildman–Crippen LogP) is 1.65. The maximum absolute atomic E-state index is 13.3. The summed E-state index contributed by atoms with van der Waals surface area (Å²) < 4.78 is 6.22. The number of H-pyrrole nitrogens is 1. The largest absolute Gasteiger partial charge is 0.360 e. The zero-order valence-corrected chi connectivity index (χ0v) is 16.4. The number of carbonyl (C=O) groups excluding carboxylic acids is 2. The first-order chi connectivity index (χ1) is 12.9. The molecule has 0 aliphatic carbocycles. The van der Waals surface area contributed by atoms with Gasteiger partial charge in [0.15, 0.2) is 0 Å². The highest BCUT2D eigenvalue weighted by atomic mass is 16.5. The summed E-state index contributed by atoms with van der Waals surface area (Å²) in [6.07, 6.45) is 7.25. The van der Waals surface area contributed by atoms with Crippen molar-refractivity contribution in [2.75, 3.05) is 13.6 Å². The molecular weight excluding hydrogens is 344 g/mol. The molecule has 0 radical (unpaired) electrons. The average Bonchev–Trinajstić information content (AvgIpc) is 3.38. The molecule has 0 unspecified atom stereocenters. The van der Waals surface area contributed by atoms with E-state index < -0.39 is 17.4 Å². The number of rotatable bonds is 6. The fourth-order valence-corrected chi connectivity index (χ4v) is 4.95. The molecule has 0 saturated carbocycles. The van der Waals surface area contributed by atoms with E-state index in [-0.39, 0.29) is 24.0 Å². The minimum atomic E-state index is -0.632. The smallest absolute Gasteiger partial charge is 0.230 e. The quantitative estimate of drug-likeness (QED) is 0.770. The molecule has 1 aromatic heterocycles. The Morgan fingerprint density at radius 3 is 2.85 bits per heavy atom. The van der Waals surface area contributed by atoms with Gasteiger partial charge in [0.05, 0.1) is 31.0 Å². The van der Waals surface area contributed by atoms with Crippen molar-refractivity contribution in [3.05, 3.63) is 29.9 Å². The molecule has 1 aromatic rings. The van der Waals surface area contributed by atoms with Gasteiger partial charge in [-0.1, -0.05) is 26.0 Å². The lowest BCUT2D eigenvalue weighted by molar-refractivity contribution is -0.143. The number of likely N-dealkylation sites (tertiary alicyclic amines) is 1. The molecule has 3 aliphatic heterocycles. The van der Waals surface area contributed by atoms with Gasteiger partial charge in [0.25, 0.3) is 0 Å². The SMILES string of the molecule is CCC(CC)N1C[C@]23C=C[C@H](O2)[C@H](C(=O)N(C)Cc2ncc(C)[nH]2)[C@H]3C1=O. The Labute approximate surface area is 159 Å². The van der Waals surface area contributed by atoms with Crippen LogP contribution < -0.4 is 0 Å². The third-order valence-electron chi connectivity index (χ3n) is 6.32. The summed E-state index contributed by atoms with van der Waals surface area (Å²) in [6, 6.07) is 0.202. The normalized spacial score (nSPS) is 31.2. The van der Waals surface area contributed by atoms with Crippen LogP contribution in [0.15, 0.2) is 18.3 Å². The van der Waals surface area contributed by atoms with Gasteiger partial charge < -0.3 is 19.5 Å². The highest BCUT2D eigenvalue weighted by Gasteiger charge is 2.67. The molecule has 4 atom stereocenters. The standard InChI is InChI=1S/C20H28N4O3/c1-5-13(6-2)24-11-20-8-7-14(27-20)16(17(20)19(24)26)18(25)23(4)10-15-21-9-12(3)22-15/h7-9,13-14,16-17H,5-6,10-11H2,1-4H3,(H,21,22)/t14-,16-,17-,20-/m0/s1. The number of hydrogen-bond donors (Lipinski definition) is 1. The molecule has 3 aliphatic rings. The highest BCUT2D eigenvalue weighted by Crippen LogP contribution is 2.52. The summed E-state index contributed by atoms with van der Waals surface area (Å²) in [5.41, 5.74) is 0.329. The Morgan fingerprint density at radius 1 is 1.48 bits per heavy atom. The van der Waals surface area contributed by atoms with Crippen molar-refractivity contribution in [1.29, 1.82) is 0 Å². The van der Waals surface area contributed by atoms with Gasteiger partial charge in [0.2, 0.25) is 11.8 Å². The molecule has 7 nitrogen and oxygen atoms in total. The first-order valence-electron chi connectivity index (χ1n) is 9.83. The van der Waals surface area contributed by atoms with E-state index in [1.807, 2.05) is 24.0 Å². The Morgan fingerprint density at radius 2 is 2.22 bits per heavy atom. The molecule has 0 aromatic carbocycles. The summed E-state index contributed by atoms with van der Waals surface area (Å²) in [7, 11) is 1.76. The number of nitrogens with zero attached hydrogens (tertiary/aromatic N) is 3. The minimum Gasteiger partial charge on any atom is -0.360 e. The molecule has 4 heterocycles. The number of hydrogen-bond acceptors (Lipinski definition) is 4. The number of carbonyl (C=O) groups is 2. The molecule has 2 bridgehead atoms.